The second kappa shape index (κ2) is 4.74. The van der Waals surface area contributed by atoms with E-state index in [0.717, 1.165) is 38.5 Å². The largest absolute Gasteiger partial charge is 0.390 e. The lowest BCUT2D eigenvalue weighted by molar-refractivity contribution is -0.123. The highest BCUT2D eigenvalue weighted by atomic mass is 16.6. The van der Waals surface area contributed by atoms with Crippen LogP contribution >= 0.6 is 0 Å². The molecule has 0 aromatic carbocycles. The summed E-state index contributed by atoms with van der Waals surface area (Å²) in [7, 11) is 0. The summed E-state index contributed by atoms with van der Waals surface area (Å²) < 4.78 is 12.2. The van der Waals surface area contributed by atoms with E-state index in [0.29, 0.717) is 24.0 Å². The maximum atomic E-state index is 11.1. The molecule has 4 rings (SSSR count). The van der Waals surface area contributed by atoms with Gasteiger partial charge in [0.2, 0.25) is 0 Å². The fourth-order valence-electron chi connectivity index (χ4n) is 5.99. The second-order valence-electron chi connectivity index (χ2n) is 10.1. The molecule has 23 heavy (non-hydrogen) atoms. The van der Waals surface area contributed by atoms with Gasteiger partial charge >= 0.3 is 0 Å². The molecule has 1 N–H and O–H groups in total. The van der Waals surface area contributed by atoms with Gasteiger partial charge in [-0.2, -0.15) is 0 Å². The maximum Gasteiger partial charge on any atom is 0.0921 e. The first-order valence-corrected chi connectivity index (χ1v) is 9.65. The fourth-order valence-corrected chi connectivity index (χ4v) is 5.99. The zero-order valence-corrected chi connectivity index (χ0v) is 15.5. The summed E-state index contributed by atoms with van der Waals surface area (Å²) in [4.78, 5) is 0. The molecule has 4 aliphatic rings. The van der Waals surface area contributed by atoms with Crippen LogP contribution in [0.3, 0.4) is 0 Å². The number of hydrogen-bond donors (Lipinski definition) is 1. The molecule has 4 fully saturated rings. The van der Waals surface area contributed by atoms with E-state index in [9.17, 15) is 5.11 Å². The molecule has 2 aliphatic carbocycles. The number of fused-ring (bicyclic) bond motifs is 4. The molecule has 7 atom stereocenters. The normalized spacial score (nSPS) is 58.2. The van der Waals surface area contributed by atoms with Gasteiger partial charge in [0.15, 0.2) is 0 Å². The van der Waals surface area contributed by atoms with Crippen LogP contribution in [0, 0.1) is 17.3 Å². The second-order valence-corrected chi connectivity index (χ2v) is 10.1. The molecular formula is C20H34O3. The van der Waals surface area contributed by atoms with E-state index in [1.165, 1.54) is 6.42 Å². The molecule has 132 valence electrons. The smallest absolute Gasteiger partial charge is 0.0921 e. The highest BCUT2D eigenvalue weighted by molar-refractivity contribution is 5.09. The van der Waals surface area contributed by atoms with Crippen molar-refractivity contribution in [3.05, 3.63) is 0 Å². The Morgan fingerprint density at radius 3 is 2.13 bits per heavy atom. The van der Waals surface area contributed by atoms with Gasteiger partial charge in [-0.3, -0.25) is 0 Å². The van der Waals surface area contributed by atoms with Crippen molar-refractivity contribution in [2.45, 2.75) is 109 Å². The monoisotopic (exact) mass is 322 g/mol. The van der Waals surface area contributed by atoms with Gasteiger partial charge in [0.1, 0.15) is 0 Å². The molecule has 2 saturated heterocycles. The van der Waals surface area contributed by atoms with Crippen molar-refractivity contribution < 1.29 is 14.6 Å². The SMILES string of the molecule is CC1(C)[C@@H]2CC[C@@](C)(O)[C@@H]1CC[C@@]1(C)O[C@@H]1CC[C@@]1(C)O[C@@H]1C2. The van der Waals surface area contributed by atoms with Crippen LogP contribution in [0.1, 0.15) is 79.6 Å². The molecule has 2 saturated carbocycles. The van der Waals surface area contributed by atoms with Crippen molar-refractivity contribution in [1.82, 2.24) is 0 Å². The standard InChI is InChI=1S/C20H34O3/c1-17(2)13-6-9-18(3,21)14(17)7-10-19(4)15(22-19)8-11-20(5)16(12-13)23-20/h13-16,21H,6-12H2,1-5H3/t13-,14-,15-,16-,18-,19-,20-/m1/s1. The van der Waals surface area contributed by atoms with E-state index < -0.39 is 5.60 Å². The first-order valence-electron chi connectivity index (χ1n) is 9.65. The summed E-state index contributed by atoms with van der Waals surface area (Å²) in [5, 5.41) is 11.1. The first kappa shape index (κ1) is 16.4. The molecule has 2 aliphatic heterocycles. The minimum absolute atomic E-state index is 0.0407. The molecule has 2 heterocycles. The zero-order valence-electron chi connectivity index (χ0n) is 15.5. The minimum Gasteiger partial charge on any atom is -0.390 e. The van der Waals surface area contributed by atoms with E-state index in [4.69, 9.17) is 9.47 Å². The molecule has 0 spiro atoms. The van der Waals surface area contributed by atoms with Gasteiger partial charge in [0.25, 0.3) is 0 Å². The lowest BCUT2D eigenvalue weighted by Gasteiger charge is -2.53. The number of aliphatic hydroxyl groups is 1. The van der Waals surface area contributed by atoms with Gasteiger partial charge in [0, 0.05) is 0 Å². The average Bonchev–Trinajstić information content (AvgIpc) is 3.27. The minimum atomic E-state index is -0.543. The van der Waals surface area contributed by atoms with Crippen molar-refractivity contribution in [3.63, 3.8) is 0 Å². The molecule has 0 aromatic heterocycles. The lowest BCUT2D eigenvalue weighted by Crippen LogP contribution is -2.52. The Hall–Kier alpha value is -0.120. The van der Waals surface area contributed by atoms with Crippen LogP contribution in [0.4, 0.5) is 0 Å². The van der Waals surface area contributed by atoms with E-state index >= 15 is 0 Å². The predicted molar refractivity (Wildman–Crippen MR) is 90.3 cm³/mol. The quantitative estimate of drug-likeness (QED) is 0.684. The Bertz CT molecular complexity index is 499. The number of hydrogen-bond acceptors (Lipinski definition) is 3. The van der Waals surface area contributed by atoms with Crippen molar-refractivity contribution in [2.24, 2.45) is 17.3 Å². The van der Waals surface area contributed by atoms with E-state index in [2.05, 4.69) is 34.6 Å². The van der Waals surface area contributed by atoms with Crippen molar-refractivity contribution in [3.8, 4) is 0 Å². The summed E-state index contributed by atoms with van der Waals surface area (Å²) in [5.41, 5.74) is -0.260. The molecule has 0 aromatic rings. The highest BCUT2D eigenvalue weighted by Gasteiger charge is 2.60. The maximum absolute atomic E-state index is 11.1. The van der Waals surface area contributed by atoms with Crippen molar-refractivity contribution in [2.75, 3.05) is 0 Å². The molecule has 2 bridgehead atoms. The van der Waals surface area contributed by atoms with Crippen LogP contribution in [-0.4, -0.2) is 34.1 Å². The Morgan fingerprint density at radius 2 is 1.39 bits per heavy atom. The summed E-state index contributed by atoms with van der Waals surface area (Å²) in [6.07, 6.45) is 8.45. The molecule has 0 radical (unpaired) electrons. The van der Waals surface area contributed by atoms with Gasteiger partial charge in [-0.05, 0) is 83.0 Å². The third-order valence-corrected chi connectivity index (χ3v) is 8.10. The topological polar surface area (TPSA) is 45.3 Å². The van der Waals surface area contributed by atoms with Crippen LogP contribution in [0.25, 0.3) is 0 Å². The molecule has 3 nitrogen and oxygen atoms in total. The highest BCUT2D eigenvalue weighted by Crippen LogP contribution is 2.58. The van der Waals surface area contributed by atoms with Gasteiger partial charge in [-0.25, -0.2) is 0 Å². The molecule has 3 heteroatoms. The lowest BCUT2D eigenvalue weighted by atomic mass is 9.54. The van der Waals surface area contributed by atoms with Crippen LogP contribution in [0.2, 0.25) is 0 Å². The molecule has 0 amide bonds. The van der Waals surface area contributed by atoms with Crippen molar-refractivity contribution in [1.29, 1.82) is 0 Å². The van der Waals surface area contributed by atoms with Crippen molar-refractivity contribution >= 4 is 0 Å². The number of epoxide rings is 2. The fraction of sp³-hybridized carbons (Fsp3) is 1.00. The van der Waals surface area contributed by atoms with Crippen LogP contribution in [-0.2, 0) is 9.47 Å². The van der Waals surface area contributed by atoms with Gasteiger partial charge in [-0.15, -0.1) is 0 Å². The van der Waals surface area contributed by atoms with E-state index in [1.54, 1.807) is 0 Å². The summed E-state index contributed by atoms with van der Waals surface area (Å²) in [6.45, 7) is 11.4. The van der Waals surface area contributed by atoms with Gasteiger partial charge < -0.3 is 14.6 Å². The predicted octanol–water partition coefficient (Wildman–Crippen LogP) is 4.07. The summed E-state index contributed by atoms with van der Waals surface area (Å²) in [5.74, 6) is 1.00. The van der Waals surface area contributed by atoms with E-state index in [1.807, 2.05) is 0 Å². The van der Waals surface area contributed by atoms with Gasteiger partial charge in [-0.1, -0.05) is 13.8 Å². The Morgan fingerprint density at radius 1 is 0.783 bits per heavy atom. The number of ether oxygens (including phenoxy) is 2. The summed E-state index contributed by atoms with van der Waals surface area (Å²) >= 11 is 0. The van der Waals surface area contributed by atoms with Crippen LogP contribution in [0.5, 0.6) is 0 Å². The average molecular weight is 322 g/mol. The third kappa shape index (κ3) is 2.58. The molecular weight excluding hydrogens is 288 g/mol. The van der Waals surface area contributed by atoms with Crippen LogP contribution in [0.15, 0.2) is 0 Å². The summed E-state index contributed by atoms with van der Waals surface area (Å²) in [6, 6.07) is 0. The van der Waals surface area contributed by atoms with Gasteiger partial charge in [0.05, 0.1) is 29.0 Å². The Balaban J connectivity index is 1.62. The van der Waals surface area contributed by atoms with Crippen LogP contribution < -0.4 is 0 Å². The number of rotatable bonds is 0. The van der Waals surface area contributed by atoms with E-state index in [-0.39, 0.29) is 16.6 Å². The first-order chi connectivity index (χ1) is 10.6. The third-order valence-electron chi connectivity index (χ3n) is 8.10. The zero-order chi connectivity index (χ0) is 16.7. The molecule has 0 unspecified atom stereocenters. The Labute approximate surface area is 141 Å². The Kier molecular flexibility index (Phi) is 3.37.